The second-order valence-corrected chi connectivity index (χ2v) is 6.17. The summed E-state index contributed by atoms with van der Waals surface area (Å²) in [6.07, 6.45) is 0.0647. The Kier molecular flexibility index (Phi) is 3.80. The third-order valence-corrected chi connectivity index (χ3v) is 3.55. The van der Waals surface area contributed by atoms with Crippen molar-refractivity contribution in [3.05, 3.63) is 29.0 Å². The van der Waals surface area contributed by atoms with Gasteiger partial charge in [-0.15, -0.1) is 0 Å². The van der Waals surface area contributed by atoms with Crippen molar-refractivity contribution in [2.45, 2.75) is 12.5 Å². The minimum Gasteiger partial charge on any atom is -0.310 e. The topological polar surface area (TPSA) is 63.7 Å². The number of hydrogen-bond donors (Lipinski definition) is 0. The quantitative estimate of drug-likeness (QED) is 0.795. The van der Waals surface area contributed by atoms with Gasteiger partial charge in [-0.05, 0) is 18.2 Å². The van der Waals surface area contributed by atoms with Gasteiger partial charge in [0, 0.05) is 18.7 Å². The Morgan fingerprint density at radius 1 is 1.47 bits per heavy atom. The van der Waals surface area contributed by atoms with Crippen LogP contribution in [0.2, 0.25) is 5.02 Å². The summed E-state index contributed by atoms with van der Waals surface area (Å²) in [6, 6.07) is 3.96. The van der Waals surface area contributed by atoms with Crippen molar-refractivity contribution in [3.8, 4) is 0 Å². The highest BCUT2D eigenvalue weighted by Crippen LogP contribution is 2.27. The van der Waals surface area contributed by atoms with Crippen LogP contribution in [0.25, 0.3) is 0 Å². The first-order valence-electron chi connectivity index (χ1n) is 5.42. The van der Waals surface area contributed by atoms with Crippen molar-refractivity contribution in [2.24, 2.45) is 0 Å². The first kappa shape index (κ1) is 14.2. The Morgan fingerprint density at radius 3 is 2.74 bits per heavy atom. The fraction of sp³-hybridized carbons (Fsp3) is 0.364. The monoisotopic (exact) mass is 307 g/mol. The molecule has 19 heavy (non-hydrogen) atoms. The summed E-state index contributed by atoms with van der Waals surface area (Å²) < 4.78 is 40.0. The summed E-state index contributed by atoms with van der Waals surface area (Å²) in [5.41, 5.74) is 0.325. The van der Waals surface area contributed by atoms with Crippen molar-refractivity contribution in [2.75, 3.05) is 17.7 Å². The molecule has 0 aliphatic carbocycles. The fourth-order valence-corrected chi connectivity index (χ4v) is 2.58. The van der Waals surface area contributed by atoms with Crippen molar-refractivity contribution in [1.82, 2.24) is 0 Å². The van der Waals surface area contributed by atoms with Crippen LogP contribution < -0.4 is 4.90 Å². The molecule has 1 atom stereocenters. The number of benzene rings is 1. The van der Waals surface area contributed by atoms with E-state index in [0.717, 1.165) is 12.3 Å². The molecule has 104 valence electrons. The Hall–Kier alpha value is -1.18. The molecule has 0 spiro atoms. The van der Waals surface area contributed by atoms with Gasteiger partial charge >= 0.3 is 0 Å². The van der Waals surface area contributed by atoms with Crippen LogP contribution in [0.15, 0.2) is 18.2 Å². The van der Waals surface area contributed by atoms with Crippen molar-refractivity contribution >= 4 is 33.3 Å². The molecule has 8 heteroatoms. The second-order valence-electron chi connectivity index (χ2n) is 4.17. The molecule has 1 heterocycles. The molecule has 1 aliphatic heterocycles. The third-order valence-electron chi connectivity index (χ3n) is 2.66. The van der Waals surface area contributed by atoms with Crippen LogP contribution in [0.3, 0.4) is 0 Å². The molecular formula is C11H11ClFNO4S. The van der Waals surface area contributed by atoms with Gasteiger partial charge in [-0.2, -0.15) is 8.42 Å². The van der Waals surface area contributed by atoms with Gasteiger partial charge in [0.05, 0.1) is 11.3 Å². The molecule has 1 unspecified atom stereocenters. The Balaban J connectivity index is 2.20. The van der Waals surface area contributed by atoms with E-state index in [1.165, 1.54) is 17.0 Å². The number of rotatable bonds is 3. The van der Waals surface area contributed by atoms with Gasteiger partial charge in [-0.1, -0.05) is 11.6 Å². The summed E-state index contributed by atoms with van der Waals surface area (Å²) in [5.74, 6) is -1.15. The molecule has 1 aliphatic rings. The zero-order valence-corrected chi connectivity index (χ0v) is 11.5. The first-order valence-corrected chi connectivity index (χ1v) is 7.62. The largest absolute Gasteiger partial charge is 0.310 e. The predicted molar refractivity (Wildman–Crippen MR) is 68.1 cm³/mol. The highest BCUT2D eigenvalue weighted by atomic mass is 35.5. The van der Waals surface area contributed by atoms with E-state index in [-0.39, 0.29) is 18.0 Å². The minimum absolute atomic E-state index is 0.0423. The van der Waals surface area contributed by atoms with Gasteiger partial charge in [0.25, 0.3) is 16.0 Å². The van der Waals surface area contributed by atoms with E-state index in [1.807, 2.05) is 0 Å². The lowest BCUT2D eigenvalue weighted by molar-refractivity contribution is -0.122. The summed E-state index contributed by atoms with van der Waals surface area (Å²) in [7, 11) is -3.70. The molecule has 1 aromatic carbocycles. The van der Waals surface area contributed by atoms with Crippen LogP contribution >= 0.6 is 11.6 Å². The maximum absolute atomic E-state index is 13.3. The molecule has 1 amide bonds. The van der Waals surface area contributed by atoms with Gasteiger partial charge in [0.15, 0.2) is 6.10 Å². The van der Waals surface area contributed by atoms with Gasteiger partial charge < -0.3 is 4.90 Å². The molecule has 5 nitrogen and oxygen atoms in total. The van der Waals surface area contributed by atoms with E-state index < -0.39 is 27.9 Å². The van der Waals surface area contributed by atoms with E-state index in [9.17, 15) is 17.6 Å². The fourth-order valence-electron chi connectivity index (χ4n) is 1.86. The molecule has 1 fully saturated rings. The summed E-state index contributed by atoms with van der Waals surface area (Å²) >= 11 is 5.56. The number of nitrogens with zero attached hydrogens (tertiary/aromatic N) is 1. The standard InChI is InChI=1S/C11H11ClFNO4S/c1-19(16,17)18-10-4-5-14(11(10)15)7-2-3-8(12)9(13)6-7/h2-3,6,10H,4-5H2,1H3. The minimum atomic E-state index is -3.70. The SMILES string of the molecule is CS(=O)(=O)OC1CCN(c2ccc(Cl)c(F)c2)C1=O. The molecule has 0 bridgehead atoms. The second kappa shape index (κ2) is 5.07. The Morgan fingerprint density at radius 2 is 2.16 bits per heavy atom. The molecule has 1 saturated heterocycles. The molecular weight excluding hydrogens is 297 g/mol. The number of halogens is 2. The van der Waals surface area contributed by atoms with E-state index in [0.29, 0.717) is 5.69 Å². The van der Waals surface area contributed by atoms with Gasteiger partial charge in [0.1, 0.15) is 5.82 Å². The molecule has 0 N–H and O–H groups in total. The normalized spacial score (nSPS) is 20.1. The number of carbonyl (C=O) groups is 1. The molecule has 0 radical (unpaired) electrons. The predicted octanol–water partition coefficient (Wildman–Crippen LogP) is 1.56. The average molecular weight is 308 g/mol. The van der Waals surface area contributed by atoms with Crippen LogP contribution in [0.5, 0.6) is 0 Å². The van der Waals surface area contributed by atoms with E-state index in [2.05, 4.69) is 4.18 Å². The lowest BCUT2D eigenvalue weighted by Crippen LogP contribution is -2.31. The summed E-state index contributed by atoms with van der Waals surface area (Å²) in [5, 5.41) is -0.0423. The first-order chi connectivity index (χ1) is 8.78. The zero-order chi connectivity index (χ0) is 14.2. The lowest BCUT2D eigenvalue weighted by atomic mass is 10.3. The highest BCUT2D eigenvalue weighted by molar-refractivity contribution is 7.86. The van der Waals surface area contributed by atoms with E-state index >= 15 is 0 Å². The maximum Gasteiger partial charge on any atom is 0.265 e. The Bertz CT molecular complexity index is 619. The van der Waals surface area contributed by atoms with Crippen LogP contribution in [-0.2, 0) is 19.1 Å². The van der Waals surface area contributed by atoms with Gasteiger partial charge in [0.2, 0.25) is 0 Å². The number of amides is 1. The maximum atomic E-state index is 13.3. The van der Waals surface area contributed by atoms with E-state index in [1.54, 1.807) is 0 Å². The molecule has 0 aromatic heterocycles. The van der Waals surface area contributed by atoms with Crippen LogP contribution in [-0.4, -0.2) is 33.2 Å². The smallest absolute Gasteiger partial charge is 0.265 e. The number of hydrogen-bond acceptors (Lipinski definition) is 4. The van der Waals surface area contributed by atoms with Crippen molar-refractivity contribution in [3.63, 3.8) is 0 Å². The lowest BCUT2D eigenvalue weighted by Gasteiger charge is -2.16. The van der Waals surface area contributed by atoms with Crippen LogP contribution in [0.1, 0.15) is 6.42 Å². The van der Waals surface area contributed by atoms with Gasteiger partial charge in [-0.25, -0.2) is 4.39 Å². The van der Waals surface area contributed by atoms with Gasteiger partial charge in [-0.3, -0.25) is 8.98 Å². The average Bonchev–Trinajstić information content (AvgIpc) is 2.63. The summed E-state index contributed by atoms with van der Waals surface area (Å²) in [6.45, 7) is 0.264. The van der Waals surface area contributed by atoms with Crippen LogP contribution in [0, 0.1) is 5.82 Å². The number of anilines is 1. The molecule has 0 saturated carbocycles. The number of carbonyl (C=O) groups excluding carboxylic acids is 1. The van der Waals surface area contributed by atoms with Crippen LogP contribution in [0.4, 0.5) is 10.1 Å². The van der Waals surface area contributed by atoms with E-state index in [4.69, 9.17) is 11.6 Å². The Labute approximate surface area is 115 Å². The molecule has 2 rings (SSSR count). The van der Waals surface area contributed by atoms with Crippen molar-refractivity contribution < 1.29 is 21.8 Å². The third kappa shape index (κ3) is 3.23. The highest BCUT2D eigenvalue weighted by Gasteiger charge is 2.35. The summed E-state index contributed by atoms with van der Waals surface area (Å²) in [4.78, 5) is 13.2. The van der Waals surface area contributed by atoms with Crippen molar-refractivity contribution in [1.29, 1.82) is 0 Å². The molecule has 1 aromatic rings. The zero-order valence-electron chi connectivity index (χ0n) is 9.97.